The number of nitrogens with zero attached hydrogens (tertiary/aromatic N) is 6. The molecule has 1 aliphatic rings. The third-order valence-electron chi connectivity index (χ3n) is 15.3. The summed E-state index contributed by atoms with van der Waals surface area (Å²) in [6.45, 7) is 2.00. The minimum absolute atomic E-state index is 0.0810. The molecule has 4 amide bonds. The number of hydrogen-bond acceptors (Lipinski definition) is 27. The topological polar surface area (TPSA) is 468 Å². The zero-order chi connectivity index (χ0) is 105. The molecular formula is C91H88Cl4F10N10O23S. The molecule has 12 aromatic rings. The Balaban J connectivity index is 0.00000150. The van der Waals surface area contributed by atoms with Crippen LogP contribution in [-0.4, -0.2) is 205 Å². The number of aromatic hydroxyl groups is 1. The number of nitrogens with one attached hydrogen (secondary N) is 4. The summed E-state index contributed by atoms with van der Waals surface area (Å²) in [4.78, 5) is 131. The Hall–Kier alpha value is -15.4. The van der Waals surface area contributed by atoms with E-state index in [0.29, 0.717) is 66.8 Å². The fraction of sp³-hybridized carbons (Fsp3) is 0.165. The van der Waals surface area contributed by atoms with Gasteiger partial charge in [-0.05, 0) is 116 Å². The number of aromatic nitrogens is 6. The summed E-state index contributed by atoms with van der Waals surface area (Å²) >= 11 is 11.2. The van der Waals surface area contributed by atoms with Gasteiger partial charge >= 0.3 is 35.8 Å². The van der Waals surface area contributed by atoms with E-state index in [0.717, 1.165) is 20.3 Å². The number of methoxy groups -OCH3 is 6. The first kappa shape index (κ1) is 124. The van der Waals surface area contributed by atoms with Gasteiger partial charge in [-0.15, -0.1) is 0 Å². The van der Waals surface area contributed by atoms with Crippen LogP contribution in [-0.2, 0) is 28.2 Å². The van der Waals surface area contributed by atoms with Crippen molar-refractivity contribution in [1.29, 1.82) is 0 Å². The number of rotatable bonds is 14. The maximum atomic E-state index is 13.3. The molecule has 7 heterocycles. The second kappa shape index (κ2) is 71.2. The summed E-state index contributed by atoms with van der Waals surface area (Å²) in [7, 11) is 23.3. The van der Waals surface area contributed by atoms with Crippen molar-refractivity contribution >= 4 is 113 Å². The number of carboxylic acid groups (broad SMARTS) is 2. The van der Waals surface area contributed by atoms with Crippen LogP contribution in [0.15, 0.2) is 237 Å². The molecule has 744 valence electrons. The van der Waals surface area contributed by atoms with E-state index in [2.05, 4.69) is 91.5 Å². The largest absolute Gasteiger partial charge is 0.503 e. The summed E-state index contributed by atoms with van der Waals surface area (Å²) in [5, 5.41) is 42.9. The number of carbonyl (C=O) groups is 10. The van der Waals surface area contributed by atoms with Crippen LogP contribution >= 0.6 is 44.6 Å². The highest BCUT2D eigenvalue weighted by molar-refractivity contribution is 8.26. The highest BCUT2D eigenvalue weighted by Crippen LogP contribution is 2.31. The number of halogens is 14. The van der Waals surface area contributed by atoms with Gasteiger partial charge in [0.25, 0.3) is 23.6 Å². The molecule has 0 atom stereocenters. The van der Waals surface area contributed by atoms with Crippen molar-refractivity contribution in [3.05, 3.63) is 362 Å². The molecule has 13 rings (SSSR count). The molecular weight excluding hydrogens is 1960 g/mol. The summed E-state index contributed by atoms with van der Waals surface area (Å²) in [5.74, 6) is -28.8. The Morgan fingerprint density at radius 2 is 0.604 bits per heavy atom. The summed E-state index contributed by atoms with van der Waals surface area (Å²) < 4.78 is 172. The lowest BCUT2D eigenvalue weighted by atomic mass is 10.2. The monoisotopic (exact) mass is 2050 g/mol. The van der Waals surface area contributed by atoms with E-state index in [9.17, 15) is 91.8 Å². The van der Waals surface area contributed by atoms with Crippen LogP contribution in [0.5, 0.6) is 28.7 Å². The van der Waals surface area contributed by atoms with Crippen molar-refractivity contribution in [1.82, 2.24) is 51.2 Å². The van der Waals surface area contributed by atoms with Gasteiger partial charge in [0.15, 0.2) is 5.75 Å². The Labute approximate surface area is 809 Å². The van der Waals surface area contributed by atoms with E-state index in [1.165, 1.54) is 114 Å². The average molecular weight is 2050 g/mol. The quantitative estimate of drug-likeness (QED) is 0.00953. The van der Waals surface area contributed by atoms with Crippen LogP contribution in [0.2, 0.25) is 10.0 Å². The standard InChI is InChI=1S/C13H5F5O2.3C8H10N2O2.2C8H8O2.C7H7ClN2O.C7H6ClNO2.C7H6O2.C6HF5O.C6H5NO2.C4H8O.CH4O.Cl2OS/c14-7-8(15)10(17)12(11(18)9(7)16)20-13(19)6-4-2-1-3-5-6;3*1-9-8(11)7-5-6(12-2)3-4-10-7;2*1-10-8(9)7-5-3-2-4-6-7;1-9-7(11)6-4-5(8)2-3-10-6;1-11-7(10)6-4-5(8)2-3-9-6;8-7(9)6-4-2-1-3-5-6;7-1-2(8)4(10)6(12)5(11)3(1)9;8-6(9)5-3-1-2-4-7-5;1-2-4-5-3-1;1-2;1-4(2)3/h1-5H;3*3-5H,1-2H3,(H,9,11);2*2-6H,1H3;2-4H,1H3,(H,9,11);2-4H,1H3;1-5H,(H,8,9);12H;1-4H,(H,8,9);1-4H2;2H,1H3;. The number of phenols is 1. The minimum Gasteiger partial charge on any atom is -0.503 e. The molecule has 8 N–H and O–H groups in total. The molecule has 139 heavy (non-hydrogen) atoms. The molecule has 0 radical (unpaired) electrons. The van der Waals surface area contributed by atoms with Crippen molar-refractivity contribution in [2.75, 3.05) is 91.2 Å². The molecule has 1 fully saturated rings. The lowest BCUT2D eigenvalue weighted by molar-refractivity contribution is 0.0587. The van der Waals surface area contributed by atoms with Crippen molar-refractivity contribution in [3.8, 4) is 28.7 Å². The highest BCUT2D eigenvalue weighted by atomic mass is 36.0. The lowest BCUT2D eigenvalue weighted by Gasteiger charge is -2.08. The van der Waals surface area contributed by atoms with E-state index in [4.69, 9.17) is 66.8 Å². The molecule has 0 spiro atoms. The molecule has 33 nitrogen and oxygen atoms in total. The van der Waals surface area contributed by atoms with Gasteiger partial charge in [-0.1, -0.05) is 102 Å². The van der Waals surface area contributed by atoms with E-state index in [1.807, 2.05) is 12.1 Å². The number of aliphatic hydroxyl groups is 1. The Morgan fingerprint density at radius 1 is 0.338 bits per heavy atom. The van der Waals surface area contributed by atoms with E-state index in [1.54, 1.807) is 195 Å². The lowest BCUT2D eigenvalue weighted by Crippen LogP contribution is -2.18. The third-order valence-corrected chi connectivity index (χ3v) is 15.7. The van der Waals surface area contributed by atoms with Crippen LogP contribution in [0.4, 0.5) is 43.9 Å². The van der Waals surface area contributed by atoms with E-state index < -0.39 is 103 Å². The SMILES string of the molecule is C1CCOC1.CNC(=O)c1cc(Cl)ccn1.CNC(=O)c1cc(OC)ccn1.CNC(=O)c1cc(OC)ccn1.CNC(=O)c1cc(OC)ccn1.CO.COC(=O)c1cc(Cl)ccn1.COC(=O)c1ccccc1.COC(=O)c1ccccc1.O=C(O)c1ccccc1.O=C(O)c1ccccn1.O=C(Oc1c(F)c(F)c(F)c(F)c1F)c1ccccc1.O=S(Cl)Cl.Oc1c(F)c(F)c(F)c(F)c1F. The molecule has 0 unspecified atom stereocenters. The molecule has 6 aromatic heterocycles. The van der Waals surface area contributed by atoms with Crippen LogP contribution in [0.1, 0.15) is 117 Å². The average Bonchev–Trinajstić information content (AvgIpc) is 1.18. The van der Waals surface area contributed by atoms with Gasteiger partial charge in [-0.25, -0.2) is 69.3 Å². The number of phenolic OH excluding ortho intramolecular Hbond substituents is 1. The fourth-order valence-corrected chi connectivity index (χ4v) is 8.93. The first-order chi connectivity index (χ1) is 66.2. The van der Waals surface area contributed by atoms with Crippen molar-refractivity contribution in [2.24, 2.45) is 0 Å². The Morgan fingerprint density at radius 3 is 0.856 bits per heavy atom. The van der Waals surface area contributed by atoms with Gasteiger partial charge in [-0.3, -0.25) is 39.1 Å². The van der Waals surface area contributed by atoms with Crippen LogP contribution in [0, 0.1) is 58.2 Å². The number of hydrogen-bond donors (Lipinski definition) is 8. The summed E-state index contributed by atoms with van der Waals surface area (Å²) in [6, 6.07) is 53.8. The number of aromatic carboxylic acids is 2. The van der Waals surface area contributed by atoms with Crippen LogP contribution in [0.3, 0.4) is 0 Å². The maximum Gasteiger partial charge on any atom is 0.356 e. The van der Waals surface area contributed by atoms with Crippen molar-refractivity contribution in [3.63, 3.8) is 0 Å². The number of esters is 4. The first-order valence-electron chi connectivity index (χ1n) is 38.4. The Kier molecular flexibility index (Phi) is 63.3. The summed E-state index contributed by atoms with van der Waals surface area (Å²) in [6.07, 6.45) is 11.5. The van der Waals surface area contributed by atoms with Gasteiger partial charge < -0.3 is 79.6 Å². The molecule has 6 aromatic carbocycles. The van der Waals surface area contributed by atoms with Crippen LogP contribution < -0.4 is 40.2 Å². The van der Waals surface area contributed by atoms with Crippen molar-refractivity contribution in [2.45, 2.75) is 12.8 Å². The fourth-order valence-electron chi connectivity index (χ4n) is 8.61. The van der Waals surface area contributed by atoms with Gasteiger partial charge in [0.1, 0.15) is 51.4 Å². The first-order valence-corrected chi connectivity index (χ1v) is 41.9. The summed E-state index contributed by atoms with van der Waals surface area (Å²) in [5.41, 5.74) is 3.12. The maximum absolute atomic E-state index is 13.3. The number of ether oxygens (including phenoxy) is 8. The highest BCUT2D eigenvalue weighted by Gasteiger charge is 2.29. The van der Waals surface area contributed by atoms with Gasteiger partial charge in [0, 0.05) is 135 Å². The van der Waals surface area contributed by atoms with E-state index >= 15 is 0 Å². The smallest absolute Gasteiger partial charge is 0.356 e. The zero-order valence-corrected chi connectivity index (χ0v) is 78.6. The molecule has 0 aliphatic carbocycles. The van der Waals surface area contributed by atoms with Gasteiger partial charge in [0.2, 0.25) is 73.1 Å². The number of benzene rings is 6. The number of carboxylic acids is 2. The van der Waals surface area contributed by atoms with Gasteiger partial charge in [-0.2, -0.15) is 17.6 Å². The zero-order valence-electron chi connectivity index (χ0n) is 74.8. The van der Waals surface area contributed by atoms with Crippen molar-refractivity contribution < 1.29 is 154 Å². The predicted molar refractivity (Wildman–Crippen MR) is 489 cm³/mol. The number of pyridine rings is 6. The number of carbonyl (C=O) groups excluding carboxylic acids is 8. The Bertz CT molecular complexity index is 5410. The molecule has 1 saturated heterocycles. The predicted octanol–water partition coefficient (Wildman–Crippen LogP) is 16.2. The molecule has 0 bridgehead atoms. The van der Waals surface area contributed by atoms with Crippen LogP contribution in [0.25, 0.3) is 0 Å². The molecule has 1 aliphatic heterocycles. The third kappa shape index (κ3) is 48.6. The minimum atomic E-state index is -2.32. The number of aliphatic hydroxyl groups excluding tert-OH is 1. The normalized spacial score (nSPS) is 9.83. The number of amides is 4. The second-order valence-electron chi connectivity index (χ2n) is 24.3. The molecule has 0 saturated carbocycles. The second-order valence-corrected chi connectivity index (χ2v) is 27.6. The van der Waals surface area contributed by atoms with Gasteiger partial charge in [0.05, 0.1) is 64.9 Å². The molecule has 48 heteroatoms. The van der Waals surface area contributed by atoms with E-state index in [-0.39, 0.29) is 52.5 Å².